The third kappa shape index (κ3) is 3.87. The fourth-order valence-electron chi connectivity index (χ4n) is 2.50. The van der Waals surface area contributed by atoms with Crippen LogP contribution in [0.3, 0.4) is 0 Å². The van der Waals surface area contributed by atoms with Gasteiger partial charge in [0.15, 0.2) is 0 Å². The number of ether oxygens (including phenoxy) is 1. The number of nitrogens with one attached hydrogen (secondary N) is 1. The quantitative estimate of drug-likeness (QED) is 0.879. The lowest BCUT2D eigenvalue weighted by Gasteiger charge is -2.29. The van der Waals surface area contributed by atoms with Crippen LogP contribution >= 0.6 is 0 Å². The summed E-state index contributed by atoms with van der Waals surface area (Å²) < 4.78 is 5.33. The minimum atomic E-state index is 0.210. The van der Waals surface area contributed by atoms with E-state index in [1.54, 1.807) is 7.11 Å². The van der Waals surface area contributed by atoms with E-state index in [4.69, 9.17) is 4.74 Å². The molecule has 1 aliphatic rings. The van der Waals surface area contributed by atoms with Crippen LogP contribution in [-0.4, -0.2) is 32.3 Å². The van der Waals surface area contributed by atoms with Gasteiger partial charge in [0.1, 0.15) is 0 Å². The topological polar surface area (TPSA) is 24.5 Å². The second-order valence-electron chi connectivity index (χ2n) is 5.47. The predicted molar refractivity (Wildman–Crippen MR) is 82.1 cm³/mol. The van der Waals surface area contributed by atoms with Gasteiger partial charge < -0.3 is 15.0 Å². The summed E-state index contributed by atoms with van der Waals surface area (Å²) in [5.41, 5.74) is 2.51. The summed E-state index contributed by atoms with van der Waals surface area (Å²) in [6, 6.07) is 9.09. The van der Waals surface area contributed by atoms with Gasteiger partial charge >= 0.3 is 0 Å². The van der Waals surface area contributed by atoms with Crippen molar-refractivity contribution in [3.63, 3.8) is 0 Å². The van der Waals surface area contributed by atoms with Gasteiger partial charge in [0.25, 0.3) is 0 Å². The zero-order chi connectivity index (χ0) is 13.7. The normalized spacial score (nSPS) is 19.0. The fourth-order valence-corrected chi connectivity index (χ4v) is 2.50. The Balaban J connectivity index is 1.94. The largest absolute Gasteiger partial charge is 0.380 e. The average Bonchev–Trinajstić information content (AvgIpc) is 2.48. The Morgan fingerprint density at radius 3 is 2.26 bits per heavy atom. The first kappa shape index (κ1) is 14.2. The van der Waals surface area contributed by atoms with Gasteiger partial charge in [-0.1, -0.05) is 0 Å². The van der Waals surface area contributed by atoms with E-state index in [0.29, 0.717) is 6.04 Å². The van der Waals surface area contributed by atoms with Gasteiger partial charge in [-0.15, -0.1) is 0 Å². The number of rotatable bonds is 5. The molecule has 1 saturated heterocycles. The summed E-state index contributed by atoms with van der Waals surface area (Å²) in [5.74, 6) is 0. The molecule has 2 unspecified atom stereocenters. The zero-order valence-electron chi connectivity index (χ0n) is 12.4. The summed E-state index contributed by atoms with van der Waals surface area (Å²) in [6.45, 7) is 6.63. The van der Waals surface area contributed by atoms with Gasteiger partial charge in [0.2, 0.25) is 0 Å². The van der Waals surface area contributed by atoms with Crippen molar-refractivity contribution in [1.29, 1.82) is 0 Å². The number of piperidine rings is 1. The molecule has 2 atom stereocenters. The van der Waals surface area contributed by atoms with Crippen molar-refractivity contribution in [2.75, 3.05) is 30.4 Å². The maximum atomic E-state index is 5.33. The molecule has 1 aromatic carbocycles. The molecular weight excluding hydrogens is 236 g/mol. The van der Waals surface area contributed by atoms with Crippen LogP contribution in [0.1, 0.15) is 33.1 Å². The van der Waals surface area contributed by atoms with Gasteiger partial charge in [-0.3, -0.25) is 0 Å². The van der Waals surface area contributed by atoms with Crippen LogP contribution in [0.4, 0.5) is 11.4 Å². The molecule has 19 heavy (non-hydrogen) atoms. The predicted octanol–water partition coefficient (Wildman–Crippen LogP) is 3.51. The lowest BCUT2D eigenvalue weighted by Crippen LogP contribution is -2.30. The lowest BCUT2D eigenvalue weighted by atomic mass is 10.1. The summed E-state index contributed by atoms with van der Waals surface area (Å²) in [4.78, 5) is 2.48. The second kappa shape index (κ2) is 6.80. The van der Waals surface area contributed by atoms with Crippen molar-refractivity contribution in [1.82, 2.24) is 0 Å². The van der Waals surface area contributed by atoms with E-state index in [0.717, 1.165) is 5.69 Å². The number of methoxy groups -OCH3 is 1. The number of benzene rings is 1. The smallest absolute Gasteiger partial charge is 0.0741 e. The van der Waals surface area contributed by atoms with Crippen LogP contribution in [0.15, 0.2) is 24.3 Å². The first-order chi connectivity index (χ1) is 9.20. The van der Waals surface area contributed by atoms with Crippen molar-refractivity contribution in [2.24, 2.45) is 0 Å². The molecule has 0 radical (unpaired) electrons. The molecule has 1 aromatic rings. The molecule has 0 aliphatic carbocycles. The summed E-state index contributed by atoms with van der Waals surface area (Å²) in [6.07, 6.45) is 4.23. The molecule has 0 spiro atoms. The Kier molecular flexibility index (Phi) is 5.08. The van der Waals surface area contributed by atoms with Crippen molar-refractivity contribution in [3.05, 3.63) is 24.3 Å². The molecule has 3 nitrogen and oxygen atoms in total. The van der Waals surface area contributed by atoms with Gasteiger partial charge in [-0.2, -0.15) is 0 Å². The Hall–Kier alpha value is -1.22. The lowest BCUT2D eigenvalue weighted by molar-refractivity contribution is 0.106. The summed E-state index contributed by atoms with van der Waals surface area (Å²) in [7, 11) is 1.75. The Morgan fingerprint density at radius 2 is 1.68 bits per heavy atom. The Morgan fingerprint density at radius 1 is 1.05 bits per heavy atom. The van der Waals surface area contributed by atoms with Gasteiger partial charge in [-0.25, -0.2) is 0 Å². The van der Waals surface area contributed by atoms with Crippen LogP contribution in [0.25, 0.3) is 0 Å². The van der Waals surface area contributed by atoms with Crippen LogP contribution in [-0.2, 0) is 4.74 Å². The number of hydrogen-bond acceptors (Lipinski definition) is 3. The molecule has 1 fully saturated rings. The van der Waals surface area contributed by atoms with Crippen molar-refractivity contribution in [3.8, 4) is 0 Å². The van der Waals surface area contributed by atoms with Crippen molar-refractivity contribution in [2.45, 2.75) is 45.3 Å². The number of hydrogen-bond donors (Lipinski definition) is 1. The standard InChI is InChI=1S/C16H26N2O/c1-13(14(2)19-3)17-15-7-9-16(10-8-15)18-11-5-4-6-12-18/h7-10,13-14,17H,4-6,11-12H2,1-3H3. The molecule has 0 bridgehead atoms. The highest BCUT2D eigenvalue weighted by Crippen LogP contribution is 2.22. The molecule has 1 aliphatic heterocycles. The molecule has 0 aromatic heterocycles. The van der Waals surface area contributed by atoms with E-state index >= 15 is 0 Å². The Bertz CT molecular complexity index is 371. The third-order valence-corrected chi connectivity index (χ3v) is 4.06. The van der Waals surface area contributed by atoms with E-state index in [1.165, 1.54) is 38.0 Å². The van der Waals surface area contributed by atoms with E-state index < -0.39 is 0 Å². The highest BCUT2D eigenvalue weighted by Gasteiger charge is 2.12. The van der Waals surface area contributed by atoms with Gasteiger partial charge in [0.05, 0.1) is 6.10 Å². The number of nitrogens with zero attached hydrogens (tertiary/aromatic N) is 1. The molecule has 0 saturated carbocycles. The SMILES string of the molecule is COC(C)C(C)Nc1ccc(N2CCCCC2)cc1. The van der Waals surface area contributed by atoms with Crippen LogP contribution < -0.4 is 10.2 Å². The van der Waals surface area contributed by atoms with Crippen LogP contribution in [0.2, 0.25) is 0 Å². The Labute approximate surface area is 116 Å². The van der Waals surface area contributed by atoms with Crippen molar-refractivity contribution < 1.29 is 4.74 Å². The second-order valence-corrected chi connectivity index (χ2v) is 5.47. The molecule has 1 N–H and O–H groups in total. The average molecular weight is 262 g/mol. The monoisotopic (exact) mass is 262 g/mol. The summed E-state index contributed by atoms with van der Waals surface area (Å²) in [5, 5.41) is 3.48. The minimum Gasteiger partial charge on any atom is -0.380 e. The third-order valence-electron chi connectivity index (χ3n) is 4.06. The maximum Gasteiger partial charge on any atom is 0.0741 e. The summed E-state index contributed by atoms with van der Waals surface area (Å²) >= 11 is 0. The fraction of sp³-hybridized carbons (Fsp3) is 0.625. The van der Waals surface area contributed by atoms with E-state index in [1.807, 2.05) is 0 Å². The molecular formula is C16H26N2O. The first-order valence-corrected chi connectivity index (χ1v) is 7.35. The highest BCUT2D eigenvalue weighted by atomic mass is 16.5. The van der Waals surface area contributed by atoms with E-state index in [-0.39, 0.29) is 6.10 Å². The van der Waals surface area contributed by atoms with Gasteiger partial charge in [0, 0.05) is 37.6 Å². The zero-order valence-corrected chi connectivity index (χ0v) is 12.4. The molecule has 106 valence electrons. The highest BCUT2D eigenvalue weighted by molar-refractivity contribution is 5.55. The molecule has 1 heterocycles. The number of anilines is 2. The molecule has 3 heteroatoms. The van der Waals surface area contributed by atoms with Crippen LogP contribution in [0, 0.1) is 0 Å². The molecule has 0 amide bonds. The van der Waals surface area contributed by atoms with E-state index in [9.17, 15) is 0 Å². The van der Waals surface area contributed by atoms with Gasteiger partial charge in [-0.05, 0) is 57.4 Å². The van der Waals surface area contributed by atoms with Crippen LogP contribution in [0.5, 0.6) is 0 Å². The minimum absolute atomic E-state index is 0.210. The van der Waals surface area contributed by atoms with E-state index in [2.05, 4.69) is 48.3 Å². The van der Waals surface area contributed by atoms with Crippen molar-refractivity contribution >= 4 is 11.4 Å². The molecule has 2 rings (SSSR count). The maximum absolute atomic E-state index is 5.33. The first-order valence-electron chi connectivity index (χ1n) is 7.35.